The Morgan fingerprint density at radius 2 is 1.75 bits per heavy atom. The zero-order valence-electron chi connectivity index (χ0n) is 19.0. The van der Waals surface area contributed by atoms with Gasteiger partial charge in [-0.1, -0.05) is 18.2 Å². The summed E-state index contributed by atoms with van der Waals surface area (Å²) in [4.78, 5) is 24.4. The predicted molar refractivity (Wildman–Crippen MR) is 116 cm³/mol. The lowest BCUT2D eigenvalue weighted by Crippen LogP contribution is -2.37. The number of para-hydroxylation sites is 1. The molecule has 36 heavy (non-hydrogen) atoms. The summed E-state index contributed by atoms with van der Waals surface area (Å²) in [7, 11) is 2.62. The van der Waals surface area contributed by atoms with Gasteiger partial charge in [0.1, 0.15) is 6.61 Å². The molecule has 0 unspecified atom stereocenters. The molecule has 0 bridgehead atoms. The number of hydrogen-bond acceptors (Lipinski definition) is 6. The van der Waals surface area contributed by atoms with Crippen molar-refractivity contribution < 1.29 is 40.7 Å². The first-order valence-corrected chi connectivity index (χ1v) is 10.1. The number of benzene rings is 2. The number of hydroxylamine groups is 1. The van der Waals surface area contributed by atoms with Gasteiger partial charge in [-0.15, -0.1) is 0 Å². The zero-order valence-corrected chi connectivity index (χ0v) is 19.0. The summed E-state index contributed by atoms with van der Waals surface area (Å²) in [6.07, 6.45) is -4.95. The van der Waals surface area contributed by atoms with E-state index in [0.29, 0.717) is 11.6 Å². The van der Waals surface area contributed by atoms with Crippen LogP contribution in [0.4, 0.5) is 48.5 Å². The van der Waals surface area contributed by atoms with Crippen LogP contribution in [0.25, 0.3) is 0 Å². The summed E-state index contributed by atoms with van der Waals surface area (Å²) < 4.78 is 87.2. The highest BCUT2D eigenvalue weighted by molar-refractivity contribution is 5.90. The van der Waals surface area contributed by atoms with Crippen molar-refractivity contribution in [2.75, 3.05) is 24.5 Å². The number of rotatable bonds is 7. The highest BCUT2D eigenvalue weighted by atomic mass is 19.4. The summed E-state index contributed by atoms with van der Waals surface area (Å²) in [5.74, 6) is -6.28. The molecule has 2 aromatic carbocycles. The van der Waals surface area contributed by atoms with Crippen LogP contribution in [0.1, 0.15) is 16.8 Å². The van der Waals surface area contributed by atoms with Crippen LogP contribution in [0.3, 0.4) is 0 Å². The Labute approximate surface area is 200 Å². The maximum atomic E-state index is 14.0. The van der Waals surface area contributed by atoms with Gasteiger partial charge in [0.25, 0.3) is 0 Å². The van der Waals surface area contributed by atoms with Gasteiger partial charge in [0, 0.05) is 18.2 Å². The largest absolute Gasteiger partial charge is 0.472 e. The molecule has 1 aromatic heterocycles. The van der Waals surface area contributed by atoms with E-state index >= 15 is 0 Å². The standard InChI is InChI=1S/C22H19F6N5O3/c1-11-18(22(26,27)28)31-20(30-14-9-8-13(23)16(24)17(14)25)32-19(11)36-10-12-6-4-5-7-15(12)33(35-3)21(34)29-2/h4-9H,10H2,1-3H3,(H,29,34)(H,30,31,32). The second kappa shape index (κ2) is 10.7. The summed E-state index contributed by atoms with van der Waals surface area (Å²) in [5, 5.41) is 5.40. The van der Waals surface area contributed by atoms with Gasteiger partial charge in [0.05, 0.1) is 18.5 Å². The minimum Gasteiger partial charge on any atom is -0.472 e. The van der Waals surface area contributed by atoms with Crippen LogP contribution in [0.2, 0.25) is 0 Å². The van der Waals surface area contributed by atoms with Gasteiger partial charge in [-0.25, -0.2) is 22.9 Å². The quantitative estimate of drug-likeness (QED) is 0.254. The molecule has 0 saturated carbocycles. The molecule has 14 heteroatoms. The van der Waals surface area contributed by atoms with Crippen molar-refractivity contribution in [3.05, 3.63) is 70.7 Å². The Hall–Kier alpha value is -4.07. The van der Waals surface area contributed by atoms with Crippen LogP contribution in [0, 0.1) is 24.4 Å². The number of carbonyl (C=O) groups excluding carboxylic acids is 1. The number of carbonyl (C=O) groups is 1. The second-order valence-corrected chi connectivity index (χ2v) is 7.12. The average Bonchev–Trinajstić information content (AvgIpc) is 2.84. The highest BCUT2D eigenvalue weighted by Crippen LogP contribution is 2.35. The zero-order chi connectivity index (χ0) is 26.6. The number of nitrogens with one attached hydrogen (secondary N) is 2. The molecule has 3 aromatic rings. The van der Waals surface area contributed by atoms with E-state index in [9.17, 15) is 31.1 Å². The van der Waals surface area contributed by atoms with E-state index in [2.05, 4.69) is 20.6 Å². The van der Waals surface area contributed by atoms with Crippen molar-refractivity contribution in [2.45, 2.75) is 19.7 Å². The third-order valence-corrected chi connectivity index (χ3v) is 4.81. The molecule has 3 rings (SSSR count). The Morgan fingerprint density at radius 1 is 1.06 bits per heavy atom. The van der Waals surface area contributed by atoms with E-state index in [4.69, 9.17) is 9.57 Å². The molecule has 192 valence electrons. The fourth-order valence-corrected chi connectivity index (χ4v) is 3.08. The first-order valence-electron chi connectivity index (χ1n) is 10.1. The first-order chi connectivity index (χ1) is 17.0. The lowest BCUT2D eigenvalue weighted by atomic mass is 10.2. The predicted octanol–water partition coefficient (Wildman–Crippen LogP) is 5.25. The molecule has 8 nitrogen and oxygen atoms in total. The molecule has 0 spiro atoms. The fraction of sp³-hybridized carbons (Fsp3) is 0.227. The summed E-state index contributed by atoms with van der Waals surface area (Å²) in [6.45, 7) is 0.707. The highest BCUT2D eigenvalue weighted by Gasteiger charge is 2.37. The van der Waals surface area contributed by atoms with Crippen molar-refractivity contribution in [3.8, 4) is 5.88 Å². The van der Waals surface area contributed by atoms with E-state index in [0.717, 1.165) is 18.1 Å². The number of hydrogen-bond donors (Lipinski definition) is 2. The van der Waals surface area contributed by atoms with Crippen molar-refractivity contribution in [1.82, 2.24) is 15.3 Å². The monoisotopic (exact) mass is 515 g/mol. The van der Waals surface area contributed by atoms with Crippen molar-refractivity contribution in [3.63, 3.8) is 0 Å². The molecule has 0 fully saturated rings. The second-order valence-electron chi connectivity index (χ2n) is 7.12. The van der Waals surface area contributed by atoms with Crippen molar-refractivity contribution in [1.29, 1.82) is 0 Å². The molecular weight excluding hydrogens is 496 g/mol. The maximum absolute atomic E-state index is 14.0. The first kappa shape index (κ1) is 26.5. The topological polar surface area (TPSA) is 88.6 Å². The number of aromatic nitrogens is 2. The number of nitrogens with zero attached hydrogens (tertiary/aromatic N) is 3. The van der Waals surface area contributed by atoms with Crippen LogP contribution in [0.5, 0.6) is 5.88 Å². The van der Waals surface area contributed by atoms with Crippen molar-refractivity contribution >= 4 is 23.4 Å². The van der Waals surface area contributed by atoms with E-state index in [1.165, 1.54) is 20.2 Å². The molecule has 0 aliphatic heterocycles. The van der Waals surface area contributed by atoms with E-state index < -0.39 is 58.4 Å². The van der Waals surface area contributed by atoms with Crippen molar-refractivity contribution in [2.24, 2.45) is 0 Å². The van der Waals surface area contributed by atoms with Crippen LogP contribution in [-0.2, 0) is 17.6 Å². The minimum atomic E-state index is -4.95. The Kier molecular flexibility index (Phi) is 7.87. The van der Waals surface area contributed by atoms with Gasteiger partial charge in [-0.3, -0.25) is 4.84 Å². The van der Waals surface area contributed by atoms with Crippen LogP contribution >= 0.6 is 0 Å². The number of urea groups is 1. The Morgan fingerprint density at radius 3 is 2.39 bits per heavy atom. The maximum Gasteiger partial charge on any atom is 0.433 e. The third-order valence-electron chi connectivity index (χ3n) is 4.81. The minimum absolute atomic E-state index is 0.240. The van der Waals surface area contributed by atoms with E-state index in [1.54, 1.807) is 18.2 Å². The van der Waals surface area contributed by atoms with Gasteiger partial charge < -0.3 is 15.4 Å². The normalized spacial score (nSPS) is 11.2. The SMILES string of the molecule is CNC(=O)N(OC)c1ccccc1COc1nc(Nc2ccc(F)c(F)c2F)nc(C(F)(F)F)c1C. The van der Waals surface area contributed by atoms with Gasteiger partial charge in [-0.2, -0.15) is 23.2 Å². The molecule has 0 aliphatic carbocycles. The number of amides is 2. The van der Waals surface area contributed by atoms with E-state index in [-0.39, 0.29) is 12.3 Å². The summed E-state index contributed by atoms with van der Waals surface area (Å²) in [6, 6.07) is 7.01. The smallest absolute Gasteiger partial charge is 0.433 e. The van der Waals surface area contributed by atoms with Gasteiger partial charge in [0.2, 0.25) is 11.8 Å². The van der Waals surface area contributed by atoms with Crippen LogP contribution in [-0.4, -0.2) is 30.2 Å². The van der Waals surface area contributed by atoms with Crippen LogP contribution in [0.15, 0.2) is 36.4 Å². The molecule has 0 aliphatic rings. The van der Waals surface area contributed by atoms with Crippen LogP contribution < -0.4 is 20.4 Å². The Balaban J connectivity index is 1.99. The number of alkyl halides is 3. The number of halogens is 6. The molecular formula is C22H19F6N5O3. The van der Waals surface area contributed by atoms with Gasteiger partial charge in [-0.05, 0) is 25.1 Å². The Bertz CT molecular complexity index is 1270. The lowest BCUT2D eigenvalue weighted by Gasteiger charge is -2.22. The fourth-order valence-electron chi connectivity index (χ4n) is 3.08. The van der Waals surface area contributed by atoms with E-state index in [1.807, 2.05) is 0 Å². The van der Waals surface area contributed by atoms with Gasteiger partial charge >= 0.3 is 12.2 Å². The molecule has 2 N–H and O–H groups in total. The van der Waals surface area contributed by atoms with Gasteiger partial charge in [0.15, 0.2) is 23.1 Å². The molecule has 0 atom stereocenters. The molecule has 0 saturated heterocycles. The number of ether oxygens (including phenoxy) is 1. The summed E-state index contributed by atoms with van der Waals surface area (Å²) >= 11 is 0. The third kappa shape index (κ3) is 5.59. The summed E-state index contributed by atoms with van der Waals surface area (Å²) in [5.41, 5.74) is -1.98. The molecule has 2 amide bonds. The lowest BCUT2D eigenvalue weighted by molar-refractivity contribution is -0.141. The average molecular weight is 515 g/mol. The number of anilines is 3. The molecule has 0 radical (unpaired) electrons. The molecule has 1 heterocycles.